The first-order valence-corrected chi connectivity index (χ1v) is 6.03. The van der Waals surface area contributed by atoms with E-state index in [0.29, 0.717) is 5.69 Å². The summed E-state index contributed by atoms with van der Waals surface area (Å²) >= 11 is 3.29. The Morgan fingerprint density at radius 2 is 2.00 bits per heavy atom. The first-order valence-electron chi connectivity index (χ1n) is 5.23. The van der Waals surface area contributed by atoms with Gasteiger partial charge in [0.2, 0.25) is 5.91 Å². The molecule has 8 heteroatoms. The van der Waals surface area contributed by atoms with E-state index in [0.717, 1.165) is 9.15 Å². The standard InChI is InChI=1S/C11H9BrN4O3/c12-7-1-3-8(4-2-7)13-10(17)6-16-5-9(11(18)19)14-15-16/h1-5H,6H2,(H,13,17)(H,18,19). The molecule has 0 atom stereocenters. The monoisotopic (exact) mass is 324 g/mol. The second-order valence-corrected chi connectivity index (χ2v) is 4.58. The highest BCUT2D eigenvalue weighted by atomic mass is 79.9. The maximum atomic E-state index is 11.7. The summed E-state index contributed by atoms with van der Waals surface area (Å²) < 4.78 is 2.07. The Labute approximate surface area is 116 Å². The lowest BCUT2D eigenvalue weighted by Crippen LogP contribution is -2.19. The number of aromatic nitrogens is 3. The molecule has 0 bridgehead atoms. The van der Waals surface area contributed by atoms with Gasteiger partial charge in [0.05, 0.1) is 6.20 Å². The van der Waals surface area contributed by atoms with Gasteiger partial charge in [-0.1, -0.05) is 21.1 Å². The summed E-state index contributed by atoms with van der Waals surface area (Å²) in [4.78, 5) is 22.3. The highest BCUT2D eigenvalue weighted by Gasteiger charge is 2.10. The van der Waals surface area contributed by atoms with Gasteiger partial charge in [0.25, 0.3) is 0 Å². The molecule has 1 aromatic heterocycles. The Balaban J connectivity index is 1.97. The molecule has 0 aliphatic rings. The van der Waals surface area contributed by atoms with Crippen molar-refractivity contribution in [1.82, 2.24) is 15.0 Å². The van der Waals surface area contributed by atoms with Gasteiger partial charge >= 0.3 is 5.97 Å². The van der Waals surface area contributed by atoms with Crippen LogP contribution in [0.5, 0.6) is 0 Å². The number of carbonyl (C=O) groups is 2. The fraction of sp³-hybridized carbons (Fsp3) is 0.0909. The van der Waals surface area contributed by atoms with Gasteiger partial charge in [0.15, 0.2) is 5.69 Å². The molecular weight excluding hydrogens is 316 g/mol. The molecule has 0 spiro atoms. The lowest BCUT2D eigenvalue weighted by Gasteiger charge is -2.04. The van der Waals surface area contributed by atoms with Crippen LogP contribution in [0.3, 0.4) is 0 Å². The molecule has 0 fully saturated rings. The number of nitrogens with one attached hydrogen (secondary N) is 1. The van der Waals surface area contributed by atoms with Gasteiger partial charge in [-0.25, -0.2) is 9.48 Å². The van der Waals surface area contributed by atoms with Gasteiger partial charge in [-0.2, -0.15) is 0 Å². The Morgan fingerprint density at radius 1 is 1.32 bits per heavy atom. The molecular formula is C11H9BrN4O3. The van der Waals surface area contributed by atoms with E-state index < -0.39 is 5.97 Å². The largest absolute Gasteiger partial charge is 0.476 e. The summed E-state index contributed by atoms with van der Waals surface area (Å²) in [5.41, 5.74) is 0.447. The van der Waals surface area contributed by atoms with E-state index in [2.05, 4.69) is 31.6 Å². The second-order valence-electron chi connectivity index (χ2n) is 3.66. The molecule has 98 valence electrons. The summed E-state index contributed by atoms with van der Waals surface area (Å²) in [5.74, 6) is -1.50. The van der Waals surface area contributed by atoms with E-state index >= 15 is 0 Å². The number of carbonyl (C=O) groups excluding carboxylic acids is 1. The van der Waals surface area contributed by atoms with E-state index in [-0.39, 0.29) is 18.1 Å². The van der Waals surface area contributed by atoms with Gasteiger partial charge in [0.1, 0.15) is 6.54 Å². The topological polar surface area (TPSA) is 97.1 Å². The quantitative estimate of drug-likeness (QED) is 0.885. The Morgan fingerprint density at radius 3 is 2.58 bits per heavy atom. The number of carboxylic acid groups (broad SMARTS) is 1. The van der Waals surface area contributed by atoms with Crippen LogP contribution in [0.15, 0.2) is 34.9 Å². The molecule has 1 heterocycles. The van der Waals surface area contributed by atoms with Crippen molar-refractivity contribution in [2.45, 2.75) is 6.54 Å². The van der Waals surface area contributed by atoms with Crippen molar-refractivity contribution in [3.8, 4) is 0 Å². The van der Waals surface area contributed by atoms with Crippen LogP contribution < -0.4 is 5.32 Å². The SMILES string of the molecule is O=C(Cn1cc(C(=O)O)nn1)Nc1ccc(Br)cc1. The third-order valence-corrected chi connectivity index (χ3v) is 2.72. The normalized spacial score (nSPS) is 10.2. The predicted molar refractivity (Wildman–Crippen MR) is 69.8 cm³/mol. The fourth-order valence-corrected chi connectivity index (χ4v) is 1.62. The van der Waals surface area contributed by atoms with Crippen LogP contribution in [-0.2, 0) is 11.3 Å². The summed E-state index contributed by atoms with van der Waals surface area (Å²) in [5, 5.41) is 18.3. The van der Waals surface area contributed by atoms with E-state index in [1.54, 1.807) is 24.3 Å². The molecule has 0 radical (unpaired) electrons. The zero-order chi connectivity index (χ0) is 13.8. The molecule has 2 rings (SSSR count). The van der Waals surface area contributed by atoms with Gasteiger partial charge in [-0.15, -0.1) is 5.10 Å². The van der Waals surface area contributed by atoms with Crippen molar-refractivity contribution in [2.24, 2.45) is 0 Å². The highest BCUT2D eigenvalue weighted by Crippen LogP contribution is 2.13. The van der Waals surface area contributed by atoms with Crippen LogP contribution >= 0.6 is 15.9 Å². The molecule has 7 nitrogen and oxygen atoms in total. The number of benzene rings is 1. The third-order valence-electron chi connectivity index (χ3n) is 2.19. The number of carboxylic acids is 1. The Kier molecular flexibility index (Phi) is 3.91. The minimum absolute atomic E-state index is 0.101. The molecule has 1 amide bonds. The van der Waals surface area contributed by atoms with E-state index in [1.165, 1.54) is 6.20 Å². The Bertz CT molecular complexity index is 609. The van der Waals surface area contributed by atoms with Gasteiger partial charge in [-0.05, 0) is 24.3 Å². The summed E-state index contributed by atoms with van der Waals surface area (Å²) in [6.45, 7) is -0.101. The van der Waals surface area contributed by atoms with Gasteiger partial charge in [-0.3, -0.25) is 4.79 Å². The molecule has 1 aromatic carbocycles. The number of halogens is 1. The van der Waals surface area contributed by atoms with Crippen molar-refractivity contribution in [1.29, 1.82) is 0 Å². The number of aromatic carboxylic acids is 1. The van der Waals surface area contributed by atoms with Crippen molar-refractivity contribution < 1.29 is 14.7 Å². The molecule has 2 aromatic rings. The zero-order valence-electron chi connectivity index (χ0n) is 9.58. The summed E-state index contributed by atoms with van der Waals surface area (Å²) in [7, 11) is 0. The number of hydrogen-bond acceptors (Lipinski definition) is 4. The van der Waals surface area contributed by atoms with Crippen molar-refractivity contribution in [3.05, 3.63) is 40.6 Å². The first kappa shape index (κ1) is 13.2. The van der Waals surface area contributed by atoms with Crippen molar-refractivity contribution >= 4 is 33.5 Å². The smallest absolute Gasteiger partial charge is 0.358 e. The summed E-state index contributed by atoms with van der Waals surface area (Å²) in [6.07, 6.45) is 1.20. The number of anilines is 1. The minimum Gasteiger partial charge on any atom is -0.476 e. The van der Waals surface area contributed by atoms with Crippen molar-refractivity contribution in [3.63, 3.8) is 0 Å². The average molecular weight is 325 g/mol. The predicted octanol–water partition coefficient (Wildman–Crippen LogP) is 1.38. The highest BCUT2D eigenvalue weighted by molar-refractivity contribution is 9.10. The number of nitrogens with zero attached hydrogens (tertiary/aromatic N) is 3. The van der Waals surface area contributed by atoms with Crippen LogP contribution in [0.2, 0.25) is 0 Å². The maximum absolute atomic E-state index is 11.7. The van der Waals surface area contributed by atoms with Crippen LogP contribution in [-0.4, -0.2) is 32.0 Å². The lowest BCUT2D eigenvalue weighted by molar-refractivity contribution is -0.116. The number of amides is 1. The third kappa shape index (κ3) is 3.62. The van der Waals surface area contributed by atoms with E-state index in [1.807, 2.05) is 0 Å². The van der Waals surface area contributed by atoms with Crippen LogP contribution in [0, 0.1) is 0 Å². The second kappa shape index (κ2) is 5.61. The summed E-state index contributed by atoms with van der Waals surface area (Å²) in [6, 6.07) is 7.08. The number of rotatable bonds is 4. The number of hydrogen-bond donors (Lipinski definition) is 2. The van der Waals surface area contributed by atoms with E-state index in [9.17, 15) is 9.59 Å². The van der Waals surface area contributed by atoms with Crippen LogP contribution in [0.4, 0.5) is 5.69 Å². The fourth-order valence-electron chi connectivity index (χ4n) is 1.35. The molecule has 0 aliphatic heterocycles. The molecule has 19 heavy (non-hydrogen) atoms. The average Bonchev–Trinajstić information content (AvgIpc) is 2.80. The minimum atomic E-state index is -1.18. The van der Waals surface area contributed by atoms with Crippen LogP contribution in [0.25, 0.3) is 0 Å². The molecule has 0 saturated heterocycles. The van der Waals surface area contributed by atoms with Gasteiger partial charge < -0.3 is 10.4 Å². The molecule has 0 aliphatic carbocycles. The molecule has 2 N–H and O–H groups in total. The van der Waals surface area contributed by atoms with Gasteiger partial charge in [0, 0.05) is 10.2 Å². The van der Waals surface area contributed by atoms with Crippen LogP contribution in [0.1, 0.15) is 10.5 Å². The molecule has 0 unspecified atom stereocenters. The first-order chi connectivity index (χ1) is 9.04. The Hall–Kier alpha value is -2.22. The lowest BCUT2D eigenvalue weighted by atomic mass is 10.3. The maximum Gasteiger partial charge on any atom is 0.358 e. The van der Waals surface area contributed by atoms with Crippen molar-refractivity contribution in [2.75, 3.05) is 5.32 Å². The molecule has 0 saturated carbocycles. The van der Waals surface area contributed by atoms with E-state index in [4.69, 9.17) is 5.11 Å². The zero-order valence-corrected chi connectivity index (χ0v) is 11.2.